The topological polar surface area (TPSA) is 83.6 Å². The number of phenols is 1. The summed E-state index contributed by atoms with van der Waals surface area (Å²) in [5, 5.41) is 17.2. The number of hydrogen-bond donors (Lipinski definition) is 3. The van der Waals surface area contributed by atoms with Crippen LogP contribution < -0.4 is 5.73 Å². The first kappa shape index (κ1) is 11.4. The Balaban J connectivity index is 3.03. The summed E-state index contributed by atoms with van der Waals surface area (Å²) in [5.41, 5.74) is 5.08. The molecule has 0 aromatic heterocycles. The number of carboxylic acid groups (broad SMARTS) is 1. The summed E-state index contributed by atoms with van der Waals surface area (Å²) >= 11 is 0. The highest BCUT2D eigenvalue weighted by Crippen LogP contribution is 2.24. The van der Waals surface area contributed by atoms with E-state index >= 15 is 0 Å². The lowest BCUT2D eigenvalue weighted by molar-refractivity contribution is -0.137. The number of benzene rings is 1. The van der Waals surface area contributed by atoms with Crippen LogP contribution in [0.4, 0.5) is 8.78 Å². The van der Waals surface area contributed by atoms with E-state index in [1.165, 1.54) is 0 Å². The molecule has 1 atom stereocenters. The van der Waals surface area contributed by atoms with Crippen LogP contribution in [-0.4, -0.2) is 16.2 Å². The zero-order chi connectivity index (χ0) is 11.6. The Kier molecular flexibility index (Phi) is 3.21. The fourth-order valence-corrected chi connectivity index (χ4v) is 1.13. The van der Waals surface area contributed by atoms with Crippen molar-refractivity contribution in [2.45, 2.75) is 12.5 Å². The van der Waals surface area contributed by atoms with E-state index in [9.17, 15) is 13.6 Å². The number of aliphatic carboxylic acids is 1. The van der Waals surface area contributed by atoms with E-state index in [0.717, 1.165) is 0 Å². The molecule has 0 spiro atoms. The predicted molar refractivity (Wildman–Crippen MR) is 47.2 cm³/mol. The van der Waals surface area contributed by atoms with Gasteiger partial charge in [-0.1, -0.05) is 0 Å². The minimum Gasteiger partial charge on any atom is -0.505 e. The maximum absolute atomic E-state index is 13.1. The average Bonchev–Trinajstić information content (AvgIpc) is 2.09. The Labute approximate surface area is 83.9 Å². The van der Waals surface area contributed by atoms with Crippen LogP contribution >= 0.6 is 0 Å². The van der Waals surface area contributed by atoms with Crippen molar-refractivity contribution in [3.63, 3.8) is 0 Å². The molecule has 0 fully saturated rings. The van der Waals surface area contributed by atoms with Gasteiger partial charge < -0.3 is 15.9 Å². The van der Waals surface area contributed by atoms with Crippen molar-refractivity contribution in [2.24, 2.45) is 5.73 Å². The molecule has 0 bridgehead atoms. The fraction of sp³-hybridized carbons (Fsp3) is 0.222. The van der Waals surface area contributed by atoms with Crippen molar-refractivity contribution in [3.8, 4) is 5.75 Å². The fourth-order valence-electron chi connectivity index (χ4n) is 1.13. The van der Waals surface area contributed by atoms with Crippen molar-refractivity contribution in [1.29, 1.82) is 0 Å². The molecule has 0 saturated carbocycles. The smallest absolute Gasteiger partial charge is 0.305 e. The van der Waals surface area contributed by atoms with Crippen LogP contribution in [0.5, 0.6) is 5.75 Å². The van der Waals surface area contributed by atoms with Gasteiger partial charge in [0.05, 0.1) is 6.42 Å². The zero-order valence-corrected chi connectivity index (χ0v) is 7.58. The normalized spacial score (nSPS) is 12.5. The number of halogens is 2. The second kappa shape index (κ2) is 4.22. The van der Waals surface area contributed by atoms with Crippen LogP contribution in [-0.2, 0) is 4.79 Å². The molecule has 4 nitrogen and oxygen atoms in total. The van der Waals surface area contributed by atoms with Crippen LogP contribution in [0.3, 0.4) is 0 Å². The van der Waals surface area contributed by atoms with Crippen LogP contribution in [0.25, 0.3) is 0 Å². The molecule has 82 valence electrons. The van der Waals surface area contributed by atoms with E-state index in [1.54, 1.807) is 0 Å². The number of rotatable bonds is 3. The molecule has 1 aromatic carbocycles. The van der Waals surface area contributed by atoms with Crippen molar-refractivity contribution >= 4 is 5.97 Å². The summed E-state index contributed by atoms with van der Waals surface area (Å²) in [5.74, 6) is -4.01. The van der Waals surface area contributed by atoms with Gasteiger partial charge in [-0.15, -0.1) is 0 Å². The van der Waals surface area contributed by atoms with Crippen molar-refractivity contribution < 1.29 is 23.8 Å². The van der Waals surface area contributed by atoms with Gasteiger partial charge in [-0.05, 0) is 6.07 Å². The van der Waals surface area contributed by atoms with Crippen molar-refractivity contribution in [2.75, 3.05) is 0 Å². The van der Waals surface area contributed by atoms with Gasteiger partial charge >= 0.3 is 5.97 Å². The molecular weight excluding hydrogens is 208 g/mol. The van der Waals surface area contributed by atoms with E-state index in [4.69, 9.17) is 15.9 Å². The van der Waals surface area contributed by atoms with Gasteiger partial charge in [0.15, 0.2) is 11.6 Å². The van der Waals surface area contributed by atoms with Gasteiger partial charge in [0.2, 0.25) is 0 Å². The van der Waals surface area contributed by atoms with Crippen molar-refractivity contribution in [3.05, 3.63) is 29.3 Å². The summed E-state index contributed by atoms with van der Waals surface area (Å²) in [6.07, 6.45) is -0.513. The average molecular weight is 217 g/mol. The number of nitrogens with two attached hydrogens (primary N) is 1. The van der Waals surface area contributed by atoms with E-state index < -0.39 is 35.8 Å². The monoisotopic (exact) mass is 217 g/mol. The van der Waals surface area contributed by atoms with Gasteiger partial charge in [-0.25, -0.2) is 8.78 Å². The Hall–Kier alpha value is -1.69. The lowest BCUT2D eigenvalue weighted by Crippen LogP contribution is -2.16. The quantitative estimate of drug-likeness (QED) is 0.709. The van der Waals surface area contributed by atoms with Gasteiger partial charge in [-0.2, -0.15) is 0 Å². The Morgan fingerprint density at radius 3 is 2.53 bits per heavy atom. The molecule has 1 unspecified atom stereocenters. The highest BCUT2D eigenvalue weighted by atomic mass is 19.1. The minimum atomic E-state index is -1.21. The first-order valence-electron chi connectivity index (χ1n) is 4.07. The molecule has 6 heteroatoms. The second-order valence-electron chi connectivity index (χ2n) is 3.03. The molecule has 0 aliphatic heterocycles. The first-order valence-corrected chi connectivity index (χ1v) is 4.07. The number of phenolic OH excluding ortho intramolecular Hbond substituents is 1. The van der Waals surface area contributed by atoms with Gasteiger partial charge in [0, 0.05) is 17.7 Å². The predicted octanol–water partition coefficient (Wildman–Crippen LogP) is 1.14. The summed E-state index contributed by atoms with van der Waals surface area (Å²) in [6.45, 7) is 0. The third kappa shape index (κ3) is 2.63. The molecule has 0 heterocycles. The van der Waals surface area contributed by atoms with E-state index in [1.807, 2.05) is 0 Å². The zero-order valence-electron chi connectivity index (χ0n) is 7.58. The third-order valence-corrected chi connectivity index (χ3v) is 1.86. The summed E-state index contributed by atoms with van der Waals surface area (Å²) < 4.78 is 26.0. The van der Waals surface area contributed by atoms with E-state index in [0.29, 0.717) is 12.1 Å². The van der Waals surface area contributed by atoms with Gasteiger partial charge in [0.1, 0.15) is 5.82 Å². The van der Waals surface area contributed by atoms with Crippen molar-refractivity contribution in [1.82, 2.24) is 0 Å². The number of carbonyl (C=O) groups is 1. The van der Waals surface area contributed by atoms with E-state index in [2.05, 4.69) is 0 Å². The summed E-state index contributed by atoms with van der Waals surface area (Å²) in [7, 11) is 0. The Bertz CT molecular complexity index is 395. The van der Waals surface area contributed by atoms with Crippen LogP contribution in [0, 0.1) is 11.6 Å². The maximum atomic E-state index is 13.1. The molecule has 4 N–H and O–H groups in total. The highest BCUT2D eigenvalue weighted by Gasteiger charge is 2.17. The number of aromatic hydroxyl groups is 1. The third-order valence-electron chi connectivity index (χ3n) is 1.86. The second-order valence-corrected chi connectivity index (χ2v) is 3.03. The highest BCUT2D eigenvalue weighted by molar-refractivity contribution is 5.67. The minimum absolute atomic E-state index is 0.271. The number of hydrogen-bond acceptors (Lipinski definition) is 3. The van der Waals surface area contributed by atoms with Crippen LogP contribution in [0.15, 0.2) is 12.1 Å². The standard InChI is InChI=1S/C9H9F2NO3/c10-5-2-8(13)6(11)1-4(5)7(12)3-9(14)15/h1-2,7,13H,3,12H2,(H,14,15). The van der Waals surface area contributed by atoms with Gasteiger partial charge in [0.25, 0.3) is 0 Å². The summed E-state index contributed by atoms with van der Waals surface area (Å²) in [6, 6.07) is 0.114. The molecule has 0 aliphatic rings. The van der Waals surface area contributed by atoms with Crippen LogP contribution in [0.1, 0.15) is 18.0 Å². The maximum Gasteiger partial charge on any atom is 0.305 e. The van der Waals surface area contributed by atoms with Crippen LogP contribution in [0.2, 0.25) is 0 Å². The SMILES string of the molecule is NC(CC(=O)O)c1cc(F)c(O)cc1F. The molecule has 1 rings (SSSR count). The summed E-state index contributed by atoms with van der Waals surface area (Å²) in [4.78, 5) is 10.3. The van der Waals surface area contributed by atoms with Gasteiger partial charge in [-0.3, -0.25) is 4.79 Å². The molecule has 0 saturated heterocycles. The molecule has 15 heavy (non-hydrogen) atoms. The lowest BCUT2D eigenvalue weighted by Gasteiger charge is -2.10. The Morgan fingerprint density at radius 1 is 1.40 bits per heavy atom. The van der Waals surface area contributed by atoms with E-state index in [-0.39, 0.29) is 5.56 Å². The number of carboxylic acids is 1. The first-order chi connectivity index (χ1) is 6.91. The molecule has 0 amide bonds. The largest absolute Gasteiger partial charge is 0.505 e. The molecular formula is C9H9F2NO3. The lowest BCUT2D eigenvalue weighted by atomic mass is 10.0. The molecule has 0 aliphatic carbocycles. The Morgan fingerprint density at radius 2 is 2.00 bits per heavy atom. The molecule has 0 radical (unpaired) electrons. The molecule has 1 aromatic rings.